The van der Waals surface area contributed by atoms with Crippen LogP contribution >= 0.6 is 0 Å². The van der Waals surface area contributed by atoms with Crippen molar-refractivity contribution in [2.45, 2.75) is 47.1 Å². The number of hydrogen-bond acceptors (Lipinski definition) is 3. The van der Waals surface area contributed by atoms with Crippen molar-refractivity contribution >= 4 is 5.97 Å². The van der Waals surface area contributed by atoms with Gasteiger partial charge < -0.3 is 0 Å². The van der Waals surface area contributed by atoms with Crippen molar-refractivity contribution in [1.82, 2.24) is 0 Å². The van der Waals surface area contributed by atoms with Crippen LogP contribution in [0.4, 0.5) is 0 Å². The fraction of sp³-hybridized carbons (Fsp3) is 0.900. The number of carbonyl (C=O) groups excluding carboxylic acids is 1. The van der Waals surface area contributed by atoms with Gasteiger partial charge in [0.25, 0.3) is 0 Å². The Morgan fingerprint density at radius 2 is 1.77 bits per heavy atom. The van der Waals surface area contributed by atoms with Crippen LogP contribution in [0.3, 0.4) is 0 Å². The fourth-order valence-electron chi connectivity index (χ4n) is 1.02. The van der Waals surface area contributed by atoms with E-state index in [2.05, 4.69) is 32.6 Å². The molecule has 0 saturated carbocycles. The van der Waals surface area contributed by atoms with Crippen molar-refractivity contribution in [1.29, 1.82) is 0 Å². The third-order valence-electron chi connectivity index (χ3n) is 1.74. The van der Waals surface area contributed by atoms with E-state index in [-0.39, 0.29) is 6.10 Å². The average Bonchev–Trinajstić information content (AvgIpc) is 1.96. The maximum Gasteiger partial charge on any atom is 0.339 e. The van der Waals surface area contributed by atoms with Gasteiger partial charge in [0.15, 0.2) is 0 Å². The molecular formula is C10H20O3. The van der Waals surface area contributed by atoms with Crippen LogP contribution < -0.4 is 0 Å². The molecule has 78 valence electrons. The molecule has 3 heteroatoms. The molecule has 3 nitrogen and oxygen atoms in total. The lowest BCUT2D eigenvalue weighted by molar-refractivity contribution is -0.305. The molecule has 0 aromatic rings. The van der Waals surface area contributed by atoms with E-state index < -0.39 is 5.97 Å². The minimum Gasteiger partial charge on any atom is -0.298 e. The van der Waals surface area contributed by atoms with Crippen molar-refractivity contribution in [2.75, 3.05) is 0 Å². The van der Waals surface area contributed by atoms with E-state index in [1.807, 2.05) is 0 Å². The van der Waals surface area contributed by atoms with E-state index in [4.69, 9.17) is 4.89 Å². The zero-order valence-electron chi connectivity index (χ0n) is 9.16. The Kier molecular flexibility index (Phi) is 5.71. The highest BCUT2D eigenvalue weighted by Gasteiger charge is 2.17. The molecule has 0 aliphatic rings. The first-order valence-electron chi connectivity index (χ1n) is 4.77. The second-order valence-corrected chi connectivity index (χ2v) is 4.08. The van der Waals surface area contributed by atoms with E-state index in [0.717, 1.165) is 6.42 Å². The predicted molar refractivity (Wildman–Crippen MR) is 50.9 cm³/mol. The monoisotopic (exact) mass is 188 g/mol. The smallest absolute Gasteiger partial charge is 0.298 e. The van der Waals surface area contributed by atoms with Crippen LogP contribution in [0.2, 0.25) is 0 Å². The first-order valence-corrected chi connectivity index (χ1v) is 4.77. The summed E-state index contributed by atoms with van der Waals surface area (Å²) in [5.74, 6) is 0.513. The zero-order chi connectivity index (χ0) is 10.4. The summed E-state index contributed by atoms with van der Waals surface area (Å²) in [6, 6.07) is 0. The number of rotatable bonds is 5. The van der Waals surface area contributed by atoms with Gasteiger partial charge in [0.05, 0.1) is 0 Å². The van der Waals surface area contributed by atoms with Gasteiger partial charge in [-0.1, -0.05) is 27.7 Å². The van der Waals surface area contributed by atoms with Crippen LogP contribution in [0.15, 0.2) is 0 Å². The summed E-state index contributed by atoms with van der Waals surface area (Å²) in [4.78, 5) is 20.1. The maximum absolute atomic E-state index is 10.5. The average molecular weight is 188 g/mol. The summed E-state index contributed by atoms with van der Waals surface area (Å²) in [6.07, 6.45) is 0.911. The Morgan fingerprint density at radius 3 is 2.08 bits per heavy atom. The van der Waals surface area contributed by atoms with Crippen LogP contribution in [-0.2, 0) is 14.6 Å². The van der Waals surface area contributed by atoms with Gasteiger partial charge in [0.2, 0.25) is 0 Å². The Morgan fingerprint density at radius 1 is 1.23 bits per heavy atom. The van der Waals surface area contributed by atoms with Crippen LogP contribution in [-0.4, -0.2) is 12.1 Å². The van der Waals surface area contributed by atoms with Crippen molar-refractivity contribution in [2.24, 2.45) is 11.8 Å². The second kappa shape index (κ2) is 5.97. The van der Waals surface area contributed by atoms with Crippen molar-refractivity contribution in [3.63, 3.8) is 0 Å². The second-order valence-electron chi connectivity index (χ2n) is 4.08. The highest BCUT2D eigenvalue weighted by atomic mass is 17.2. The van der Waals surface area contributed by atoms with E-state index in [1.165, 1.54) is 6.92 Å². The quantitative estimate of drug-likeness (QED) is 0.491. The fourth-order valence-corrected chi connectivity index (χ4v) is 1.02. The van der Waals surface area contributed by atoms with Gasteiger partial charge in [-0.2, -0.15) is 4.89 Å². The molecule has 0 aromatic carbocycles. The molecule has 0 aromatic heterocycles. The first kappa shape index (κ1) is 12.4. The zero-order valence-corrected chi connectivity index (χ0v) is 9.16. The molecule has 13 heavy (non-hydrogen) atoms. The summed E-state index contributed by atoms with van der Waals surface area (Å²) in [6.45, 7) is 9.68. The van der Waals surface area contributed by atoms with Crippen LogP contribution in [0.5, 0.6) is 0 Å². The summed E-state index contributed by atoms with van der Waals surface area (Å²) in [5, 5.41) is 0. The van der Waals surface area contributed by atoms with E-state index in [1.54, 1.807) is 0 Å². The molecule has 0 saturated heterocycles. The summed E-state index contributed by atoms with van der Waals surface area (Å²) >= 11 is 0. The van der Waals surface area contributed by atoms with Crippen LogP contribution in [0.1, 0.15) is 41.0 Å². The first-order chi connectivity index (χ1) is 5.93. The number of hydrogen-bond donors (Lipinski definition) is 0. The summed E-state index contributed by atoms with van der Waals surface area (Å²) in [5.41, 5.74) is 0. The van der Waals surface area contributed by atoms with E-state index in [9.17, 15) is 4.79 Å². The molecule has 0 bridgehead atoms. The molecule has 0 heterocycles. The Balaban J connectivity index is 3.87. The van der Waals surface area contributed by atoms with Gasteiger partial charge in [0, 0.05) is 6.92 Å². The molecule has 0 aliphatic heterocycles. The minimum atomic E-state index is -0.394. The lowest BCUT2D eigenvalue weighted by Crippen LogP contribution is -2.23. The Labute approximate surface area is 80.3 Å². The molecular weight excluding hydrogens is 168 g/mol. The summed E-state index contributed by atoms with van der Waals surface area (Å²) in [7, 11) is 0. The maximum atomic E-state index is 10.5. The van der Waals surface area contributed by atoms with Crippen molar-refractivity contribution in [3.8, 4) is 0 Å². The standard InChI is InChI=1S/C10H20O3/c1-7(2)6-10(8(3)4)13-12-9(5)11/h7-8,10H,6H2,1-5H3. The molecule has 0 rings (SSSR count). The van der Waals surface area contributed by atoms with E-state index in [0.29, 0.717) is 11.8 Å². The molecule has 1 atom stereocenters. The SMILES string of the molecule is CC(=O)OOC(CC(C)C)C(C)C. The molecule has 0 fully saturated rings. The Bertz CT molecular complexity index is 152. The molecule has 0 spiro atoms. The Hall–Kier alpha value is -0.570. The van der Waals surface area contributed by atoms with Gasteiger partial charge in [-0.25, -0.2) is 4.79 Å². The van der Waals surface area contributed by atoms with Crippen molar-refractivity contribution in [3.05, 3.63) is 0 Å². The van der Waals surface area contributed by atoms with Gasteiger partial charge in [-0.05, 0) is 18.3 Å². The third-order valence-corrected chi connectivity index (χ3v) is 1.74. The van der Waals surface area contributed by atoms with Gasteiger partial charge >= 0.3 is 5.97 Å². The molecule has 1 unspecified atom stereocenters. The highest BCUT2D eigenvalue weighted by molar-refractivity contribution is 5.65. The van der Waals surface area contributed by atoms with Gasteiger partial charge in [0.1, 0.15) is 6.10 Å². The minimum absolute atomic E-state index is 0.00361. The molecule has 0 radical (unpaired) electrons. The molecule has 0 N–H and O–H groups in total. The topological polar surface area (TPSA) is 35.5 Å². The lowest BCUT2D eigenvalue weighted by atomic mass is 9.98. The largest absolute Gasteiger partial charge is 0.339 e. The molecule has 0 aliphatic carbocycles. The van der Waals surface area contributed by atoms with Gasteiger partial charge in [-0.15, -0.1) is 0 Å². The summed E-state index contributed by atoms with van der Waals surface area (Å²) < 4.78 is 0. The predicted octanol–water partition coefficient (Wildman–Crippen LogP) is 2.55. The van der Waals surface area contributed by atoms with Gasteiger partial charge in [-0.3, -0.25) is 4.89 Å². The highest BCUT2D eigenvalue weighted by Crippen LogP contribution is 2.16. The van der Waals surface area contributed by atoms with Crippen LogP contribution in [0, 0.1) is 11.8 Å². The number of carbonyl (C=O) groups is 1. The van der Waals surface area contributed by atoms with Crippen LogP contribution in [0.25, 0.3) is 0 Å². The lowest BCUT2D eigenvalue weighted by Gasteiger charge is -2.20. The van der Waals surface area contributed by atoms with Crippen molar-refractivity contribution < 1.29 is 14.6 Å². The third kappa shape index (κ3) is 6.58. The normalized spacial score (nSPS) is 13.5. The van der Waals surface area contributed by atoms with E-state index >= 15 is 0 Å². The molecule has 0 amide bonds.